The highest BCUT2D eigenvalue weighted by molar-refractivity contribution is 5.89. The van der Waals surface area contributed by atoms with Gasteiger partial charge < -0.3 is 15.3 Å². The maximum atomic E-state index is 11.3. The molecule has 0 radical (unpaired) electrons. The van der Waals surface area contributed by atoms with E-state index in [4.69, 9.17) is 5.11 Å². The molecule has 0 bridgehead atoms. The van der Waals surface area contributed by atoms with Crippen LogP contribution in [0.5, 0.6) is 0 Å². The number of carboxylic acids is 1. The summed E-state index contributed by atoms with van der Waals surface area (Å²) >= 11 is 0. The molecule has 5 heteroatoms. The maximum absolute atomic E-state index is 11.3. The van der Waals surface area contributed by atoms with Gasteiger partial charge >= 0.3 is 12.0 Å². The molecule has 0 spiro atoms. The van der Waals surface area contributed by atoms with Crippen LogP contribution in [0.4, 0.5) is 10.5 Å². The SMILES string of the molecule is CN(C)C(=O)Nc1ccc(/C=C/C(=O)O)cc1. The Labute approximate surface area is 99.4 Å². The number of urea groups is 1. The average molecular weight is 234 g/mol. The Morgan fingerprint density at radius 1 is 1.24 bits per heavy atom. The highest BCUT2D eigenvalue weighted by atomic mass is 16.4. The van der Waals surface area contributed by atoms with Gasteiger partial charge in [0.05, 0.1) is 0 Å². The third-order valence-corrected chi connectivity index (χ3v) is 1.99. The predicted molar refractivity (Wildman–Crippen MR) is 65.8 cm³/mol. The summed E-state index contributed by atoms with van der Waals surface area (Å²) in [5, 5.41) is 11.1. The highest BCUT2D eigenvalue weighted by Crippen LogP contribution is 2.11. The molecule has 0 aromatic heterocycles. The molecular formula is C12H14N2O3. The summed E-state index contributed by atoms with van der Waals surface area (Å²) < 4.78 is 0. The molecule has 2 amide bonds. The Balaban J connectivity index is 2.68. The van der Waals surface area contributed by atoms with Gasteiger partial charge in [-0.15, -0.1) is 0 Å². The lowest BCUT2D eigenvalue weighted by molar-refractivity contribution is -0.131. The number of benzene rings is 1. The van der Waals surface area contributed by atoms with Gasteiger partial charge in [-0.05, 0) is 23.8 Å². The third kappa shape index (κ3) is 4.38. The van der Waals surface area contributed by atoms with Crippen molar-refractivity contribution in [2.75, 3.05) is 19.4 Å². The van der Waals surface area contributed by atoms with E-state index in [0.717, 1.165) is 11.6 Å². The molecule has 90 valence electrons. The first-order valence-corrected chi connectivity index (χ1v) is 4.98. The monoisotopic (exact) mass is 234 g/mol. The number of aliphatic carboxylic acids is 1. The highest BCUT2D eigenvalue weighted by Gasteiger charge is 2.02. The Hall–Kier alpha value is -2.30. The molecule has 0 saturated carbocycles. The molecule has 1 aromatic carbocycles. The lowest BCUT2D eigenvalue weighted by Crippen LogP contribution is -2.27. The molecule has 1 aromatic rings. The summed E-state index contributed by atoms with van der Waals surface area (Å²) in [6, 6.07) is 6.67. The van der Waals surface area contributed by atoms with Crippen LogP contribution in [0.1, 0.15) is 5.56 Å². The molecule has 17 heavy (non-hydrogen) atoms. The van der Waals surface area contributed by atoms with Gasteiger partial charge in [0.25, 0.3) is 0 Å². The van der Waals surface area contributed by atoms with Crippen LogP contribution in [0.2, 0.25) is 0 Å². The van der Waals surface area contributed by atoms with Crippen molar-refractivity contribution in [2.45, 2.75) is 0 Å². The number of nitrogens with one attached hydrogen (secondary N) is 1. The molecule has 0 aliphatic rings. The van der Waals surface area contributed by atoms with Crippen LogP contribution in [0.25, 0.3) is 6.08 Å². The van der Waals surface area contributed by atoms with Gasteiger partial charge in [0, 0.05) is 25.9 Å². The van der Waals surface area contributed by atoms with Gasteiger partial charge in [-0.3, -0.25) is 0 Å². The Bertz CT molecular complexity index is 436. The quantitative estimate of drug-likeness (QED) is 0.784. The van der Waals surface area contributed by atoms with Crippen LogP contribution in [0, 0.1) is 0 Å². The van der Waals surface area contributed by atoms with E-state index in [1.165, 1.54) is 11.0 Å². The summed E-state index contributed by atoms with van der Waals surface area (Å²) in [5.74, 6) is -0.991. The van der Waals surface area contributed by atoms with Crippen molar-refractivity contribution in [3.63, 3.8) is 0 Å². The minimum Gasteiger partial charge on any atom is -0.478 e. The van der Waals surface area contributed by atoms with Crippen LogP contribution < -0.4 is 5.32 Å². The molecule has 0 heterocycles. The van der Waals surface area contributed by atoms with Gasteiger partial charge in [-0.2, -0.15) is 0 Å². The van der Waals surface area contributed by atoms with E-state index in [0.29, 0.717) is 5.69 Å². The number of hydrogen-bond donors (Lipinski definition) is 2. The number of carboxylic acid groups (broad SMARTS) is 1. The minimum atomic E-state index is -0.991. The fraction of sp³-hybridized carbons (Fsp3) is 0.167. The first kappa shape index (κ1) is 12.8. The fourth-order valence-corrected chi connectivity index (χ4v) is 1.08. The molecular weight excluding hydrogens is 220 g/mol. The summed E-state index contributed by atoms with van der Waals surface area (Å²) in [7, 11) is 3.30. The molecule has 5 nitrogen and oxygen atoms in total. The molecule has 0 fully saturated rings. The van der Waals surface area contributed by atoms with Crippen LogP contribution >= 0.6 is 0 Å². The smallest absolute Gasteiger partial charge is 0.328 e. The number of rotatable bonds is 3. The number of nitrogens with zero attached hydrogens (tertiary/aromatic N) is 1. The van der Waals surface area contributed by atoms with E-state index in [9.17, 15) is 9.59 Å². The van der Waals surface area contributed by atoms with Crippen LogP contribution in [0.15, 0.2) is 30.3 Å². The van der Waals surface area contributed by atoms with Crippen LogP contribution in [-0.2, 0) is 4.79 Å². The van der Waals surface area contributed by atoms with Gasteiger partial charge in [-0.25, -0.2) is 9.59 Å². The second-order valence-corrected chi connectivity index (χ2v) is 3.62. The Kier molecular flexibility index (Phi) is 4.28. The van der Waals surface area contributed by atoms with Gasteiger partial charge in [0.15, 0.2) is 0 Å². The van der Waals surface area contributed by atoms with Crippen LogP contribution in [0.3, 0.4) is 0 Å². The van der Waals surface area contributed by atoms with E-state index >= 15 is 0 Å². The van der Waals surface area contributed by atoms with Gasteiger partial charge in [0.2, 0.25) is 0 Å². The lowest BCUT2D eigenvalue weighted by Gasteiger charge is -2.11. The molecule has 0 saturated heterocycles. The van der Waals surface area contributed by atoms with E-state index in [1.807, 2.05) is 0 Å². The van der Waals surface area contributed by atoms with Gasteiger partial charge in [-0.1, -0.05) is 12.1 Å². The van der Waals surface area contributed by atoms with Crippen molar-refractivity contribution in [3.8, 4) is 0 Å². The minimum absolute atomic E-state index is 0.209. The molecule has 2 N–H and O–H groups in total. The number of anilines is 1. The van der Waals surface area contributed by atoms with Crippen LogP contribution in [-0.4, -0.2) is 36.1 Å². The summed E-state index contributed by atoms with van der Waals surface area (Å²) in [5.41, 5.74) is 1.42. The third-order valence-electron chi connectivity index (χ3n) is 1.99. The second kappa shape index (κ2) is 5.69. The molecule has 0 aliphatic heterocycles. The summed E-state index contributed by atoms with van der Waals surface area (Å²) in [6.45, 7) is 0. The number of carbonyl (C=O) groups excluding carboxylic acids is 1. The summed E-state index contributed by atoms with van der Waals surface area (Å²) in [4.78, 5) is 23.1. The zero-order valence-corrected chi connectivity index (χ0v) is 9.68. The van der Waals surface area contributed by atoms with Crippen molar-refractivity contribution in [1.29, 1.82) is 0 Å². The fourth-order valence-electron chi connectivity index (χ4n) is 1.08. The zero-order chi connectivity index (χ0) is 12.8. The zero-order valence-electron chi connectivity index (χ0n) is 9.68. The average Bonchev–Trinajstić information content (AvgIpc) is 2.28. The van der Waals surface area contributed by atoms with E-state index < -0.39 is 5.97 Å². The molecule has 0 aliphatic carbocycles. The standard InChI is InChI=1S/C12H14N2O3/c1-14(2)12(17)13-10-6-3-9(4-7-10)5-8-11(15)16/h3-8H,1-2H3,(H,13,17)(H,15,16)/b8-5+. The summed E-state index contributed by atoms with van der Waals surface area (Å²) in [6.07, 6.45) is 2.55. The molecule has 0 atom stereocenters. The Morgan fingerprint density at radius 3 is 2.29 bits per heavy atom. The van der Waals surface area contributed by atoms with E-state index in [-0.39, 0.29) is 6.03 Å². The molecule has 1 rings (SSSR count). The Morgan fingerprint density at radius 2 is 1.82 bits per heavy atom. The second-order valence-electron chi connectivity index (χ2n) is 3.62. The van der Waals surface area contributed by atoms with Gasteiger partial charge in [0.1, 0.15) is 0 Å². The van der Waals surface area contributed by atoms with Crippen molar-refractivity contribution < 1.29 is 14.7 Å². The maximum Gasteiger partial charge on any atom is 0.328 e. The first-order chi connectivity index (χ1) is 7.99. The number of carbonyl (C=O) groups is 2. The number of hydrogen-bond acceptors (Lipinski definition) is 2. The normalized spacial score (nSPS) is 10.2. The topological polar surface area (TPSA) is 69.6 Å². The number of amides is 2. The lowest BCUT2D eigenvalue weighted by atomic mass is 10.2. The largest absolute Gasteiger partial charge is 0.478 e. The van der Waals surface area contributed by atoms with E-state index in [1.54, 1.807) is 38.4 Å². The molecule has 0 unspecified atom stereocenters. The van der Waals surface area contributed by atoms with Crippen molar-refractivity contribution in [1.82, 2.24) is 4.90 Å². The first-order valence-electron chi connectivity index (χ1n) is 4.98. The van der Waals surface area contributed by atoms with Crippen molar-refractivity contribution >= 4 is 23.8 Å². The predicted octanol–water partition coefficient (Wildman–Crippen LogP) is 1.88. The van der Waals surface area contributed by atoms with Crippen molar-refractivity contribution in [2.24, 2.45) is 0 Å². The van der Waals surface area contributed by atoms with Crippen molar-refractivity contribution in [3.05, 3.63) is 35.9 Å². The van der Waals surface area contributed by atoms with E-state index in [2.05, 4.69) is 5.32 Å².